The number of benzene rings is 2. The van der Waals surface area contributed by atoms with Crippen LogP contribution >= 0.6 is 11.6 Å². The molecule has 0 bridgehead atoms. The molecule has 2 aromatic carbocycles. The van der Waals surface area contributed by atoms with Crippen LogP contribution in [0.15, 0.2) is 41.2 Å². The first-order valence-electron chi connectivity index (χ1n) is 13.6. The molecule has 0 aliphatic carbocycles. The van der Waals surface area contributed by atoms with E-state index in [4.69, 9.17) is 11.6 Å². The molecule has 0 radical (unpaired) electrons. The van der Waals surface area contributed by atoms with Crippen molar-refractivity contribution in [2.75, 3.05) is 15.8 Å². The van der Waals surface area contributed by atoms with E-state index < -0.39 is 15.9 Å². The Morgan fingerprint density at radius 1 is 0.949 bits per heavy atom. The standard InChI is InChI=1S/C29H38ClN3O5S/c1-3-4-5-6-7-8-9-10-11-14-17-39(37,38)33-23-16-13-12-15-21(23)29(36)31-24-19-22(30)27-26(28(24)35)20(2)18-25(34)32-27/h12-13,15-16,18-19,33,35H,3-11,14,17H2,1-2H3,(H,31,36)(H,32,34). The molecule has 4 N–H and O–H groups in total. The van der Waals surface area contributed by atoms with Gasteiger partial charge in [0.2, 0.25) is 15.6 Å². The molecule has 0 spiro atoms. The van der Waals surface area contributed by atoms with E-state index in [1.807, 2.05) is 0 Å². The summed E-state index contributed by atoms with van der Waals surface area (Å²) >= 11 is 6.32. The third-order valence-corrected chi connectivity index (χ3v) is 8.35. The zero-order valence-electron chi connectivity index (χ0n) is 22.6. The first-order chi connectivity index (χ1) is 18.6. The highest BCUT2D eigenvalue weighted by molar-refractivity contribution is 7.92. The van der Waals surface area contributed by atoms with Crippen LogP contribution in [0.3, 0.4) is 0 Å². The number of pyridine rings is 1. The summed E-state index contributed by atoms with van der Waals surface area (Å²) in [7, 11) is -3.66. The van der Waals surface area contributed by atoms with Crippen molar-refractivity contribution >= 4 is 49.8 Å². The topological polar surface area (TPSA) is 128 Å². The second-order valence-electron chi connectivity index (χ2n) is 9.92. The number of para-hydroxylation sites is 1. The van der Waals surface area contributed by atoms with Crippen molar-refractivity contribution in [2.45, 2.75) is 78.1 Å². The van der Waals surface area contributed by atoms with E-state index in [1.165, 1.54) is 62.8 Å². The number of anilines is 2. The lowest BCUT2D eigenvalue weighted by Crippen LogP contribution is -2.20. The fraction of sp³-hybridized carbons (Fsp3) is 0.448. The van der Waals surface area contributed by atoms with Crippen LogP contribution in [0.1, 0.15) is 87.1 Å². The zero-order chi connectivity index (χ0) is 28.4. The molecule has 39 heavy (non-hydrogen) atoms. The number of hydrogen-bond donors (Lipinski definition) is 4. The highest BCUT2D eigenvalue weighted by Gasteiger charge is 2.20. The van der Waals surface area contributed by atoms with E-state index in [-0.39, 0.29) is 44.5 Å². The van der Waals surface area contributed by atoms with E-state index in [2.05, 4.69) is 21.9 Å². The molecule has 3 aromatic rings. The van der Waals surface area contributed by atoms with Gasteiger partial charge in [-0.05, 0) is 37.1 Å². The molecule has 0 saturated carbocycles. The van der Waals surface area contributed by atoms with E-state index in [9.17, 15) is 23.1 Å². The molecule has 0 aliphatic heterocycles. The van der Waals surface area contributed by atoms with Crippen LogP contribution in [0.2, 0.25) is 5.02 Å². The fourth-order valence-corrected chi connectivity index (χ4v) is 6.08. The van der Waals surface area contributed by atoms with Crippen LogP contribution in [0.4, 0.5) is 11.4 Å². The molecule has 0 fully saturated rings. The van der Waals surface area contributed by atoms with Gasteiger partial charge in [0.1, 0.15) is 5.75 Å². The Labute approximate surface area is 235 Å². The van der Waals surface area contributed by atoms with Crippen molar-refractivity contribution in [2.24, 2.45) is 0 Å². The molecule has 0 aliphatic rings. The summed E-state index contributed by atoms with van der Waals surface area (Å²) in [4.78, 5) is 27.5. The number of aromatic amines is 1. The first kappa shape index (κ1) is 30.5. The van der Waals surface area contributed by atoms with Gasteiger partial charge < -0.3 is 15.4 Å². The molecule has 1 amide bonds. The number of aryl methyl sites for hydroxylation is 1. The maximum atomic E-state index is 13.1. The molecule has 3 rings (SSSR count). The van der Waals surface area contributed by atoms with E-state index in [1.54, 1.807) is 19.1 Å². The minimum Gasteiger partial charge on any atom is -0.505 e. The molecule has 0 saturated heterocycles. The number of carbonyl (C=O) groups excluding carboxylic acids is 1. The van der Waals surface area contributed by atoms with E-state index in [0.29, 0.717) is 17.4 Å². The van der Waals surface area contributed by atoms with Crippen LogP contribution < -0.4 is 15.6 Å². The van der Waals surface area contributed by atoms with Gasteiger partial charge in [0, 0.05) is 11.5 Å². The quantitative estimate of drug-likeness (QED) is 0.113. The van der Waals surface area contributed by atoms with E-state index in [0.717, 1.165) is 19.3 Å². The van der Waals surface area contributed by atoms with Crippen LogP contribution in [0.25, 0.3) is 10.9 Å². The van der Waals surface area contributed by atoms with Crippen LogP contribution in [0.5, 0.6) is 5.75 Å². The summed E-state index contributed by atoms with van der Waals surface area (Å²) in [6.45, 7) is 3.86. The number of rotatable bonds is 15. The average Bonchev–Trinajstić information content (AvgIpc) is 2.88. The number of halogens is 1. The summed E-state index contributed by atoms with van der Waals surface area (Å²) in [6, 6.07) is 8.94. The number of phenols is 1. The molecule has 0 atom stereocenters. The van der Waals surface area contributed by atoms with Gasteiger partial charge in [0.15, 0.2) is 0 Å². The number of phenolic OH excluding ortho intramolecular Hbond substituents is 1. The SMILES string of the molecule is CCCCCCCCCCCCS(=O)(=O)Nc1ccccc1C(=O)Nc1cc(Cl)c2[nH]c(=O)cc(C)c2c1O. The Morgan fingerprint density at radius 3 is 2.23 bits per heavy atom. The van der Waals surface area contributed by atoms with Crippen LogP contribution in [0, 0.1) is 6.92 Å². The number of H-pyrrole nitrogens is 1. The average molecular weight is 576 g/mol. The lowest BCUT2D eigenvalue weighted by atomic mass is 10.1. The Bertz CT molecular complexity index is 1450. The predicted octanol–water partition coefficient (Wildman–Crippen LogP) is 7.11. The predicted molar refractivity (Wildman–Crippen MR) is 160 cm³/mol. The largest absolute Gasteiger partial charge is 0.505 e. The molecule has 8 nitrogen and oxygen atoms in total. The summed E-state index contributed by atoms with van der Waals surface area (Å²) in [5.41, 5.74) is 0.668. The van der Waals surface area contributed by atoms with Gasteiger partial charge in [-0.15, -0.1) is 0 Å². The molecule has 212 valence electrons. The zero-order valence-corrected chi connectivity index (χ0v) is 24.2. The van der Waals surface area contributed by atoms with E-state index >= 15 is 0 Å². The number of unbranched alkanes of at least 4 members (excludes halogenated alkanes) is 9. The second kappa shape index (κ2) is 14.4. The van der Waals surface area contributed by atoms with Gasteiger partial charge in [0.25, 0.3) is 5.91 Å². The second-order valence-corrected chi connectivity index (χ2v) is 12.2. The Morgan fingerprint density at radius 2 is 1.56 bits per heavy atom. The van der Waals surface area contributed by atoms with Crippen molar-refractivity contribution < 1.29 is 18.3 Å². The molecular weight excluding hydrogens is 538 g/mol. The number of hydrogen-bond acceptors (Lipinski definition) is 5. The number of fused-ring (bicyclic) bond motifs is 1. The van der Waals surface area contributed by atoms with Crippen LogP contribution in [-0.4, -0.2) is 30.2 Å². The highest BCUT2D eigenvalue weighted by atomic mass is 35.5. The maximum Gasteiger partial charge on any atom is 0.257 e. The summed E-state index contributed by atoms with van der Waals surface area (Å²) in [6.07, 6.45) is 11.0. The lowest BCUT2D eigenvalue weighted by molar-refractivity contribution is 0.102. The van der Waals surface area contributed by atoms with Crippen LogP contribution in [-0.2, 0) is 10.0 Å². The highest BCUT2D eigenvalue weighted by Crippen LogP contribution is 2.38. The number of nitrogens with one attached hydrogen (secondary N) is 3. The molecular formula is C29H38ClN3O5S. The fourth-order valence-electron chi connectivity index (χ4n) is 4.63. The number of aromatic hydroxyl groups is 1. The number of sulfonamides is 1. The van der Waals surface area contributed by atoms with Gasteiger partial charge >= 0.3 is 0 Å². The minimum atomic E-state index is -3.66. The van der Waals surface area contributed by atoms with Gasteiger partial charge in [-0.1, -0.05) is 88.4 Å². The van der Waals surface area contributed by atoms with Gasteiger partial charge in [-0.3, -0.25) is 14.3 Å². The van der Waals surface area contributed by atoms with Crippen molar-refractivity contribution in [1.82, 2.24) is 4.98 Å². The molecule has 10 heteroatoms. The summed E-state index contributed by atoms with van der Waals surface area (Å²) in [5, 5.41) is 13.9. The maximum absolute atomic E-state index is 13.1. The molecule has 1 aromatic heterocycles. The summed E-state index contributed by atoms with van der Waals surface area (Å²) < 4.78 is 28.0. The minimum absolute atomic E-state index is 0.0298. The number of amides is 1. The number of aromatic nitrogens is 1. The third-order valence-electron chi connectivity index (χ3n) is 6.69. The van der Waals surface area contributed by atoms with Crippen molar-refractivity contribution in [3.63, 3.8) is 0 Å². The van der Waals surface area contributed by atoms with Crippen molar-refractivity contribution in [3.05, 3.63) is 62.9 Å². The van der Waals surface area contributed by atoms with Crippen molar-refractivity contribution in [1.29, 1.82) is 0 Å². The Hall–Kier alpha value is -3.04. The van der Waals surface area contributed by atoms with Crippen molar-refractivity contribution in [3.8, 4) is 5.75 Å². The molecule has 1 heterocycles. The Balaban J connectivity index is 1.61. The van der Waals surface area contributed by atoms with Gasteiger partial charge in [-0.25, -0.2) is 8.42 Å². The summed E-state index contributed by atoms with van der Waals surface area (Å²) in [5.74, 6) is -0.909. The first-order valence-corrected chi connectivity index (χ1v) is 15.6. The van der Waals surface area contributed by atoms with Gasteiger partial charge in [0.05, 0.1) is 33.2 Å². The number of carbonyl (C=O) groups is 1. The molecule has 0 unspecified atom stereocenters. The third kappa shape index (κ3) is 8.73. The Kier molecular flexibility index (Phi) is 11.2. The monoisotopic (exact) mass is 575 g/mol. The smallest absolute Gasteiger partial charge is 0.257 e. The lowest BCUT2D eigenvalue weighted by Gasteiger charge is -2.15. The normalized spacial score (nSPS) is 11.6. The van der Waals surface area contributed by atoms with Gasteiger partial charge in [-0.2, -0.15) is 0 Å².